The molecule has 1 unspecified atom stereocenters. The van der Waals surface area contributed by atoms with Crippen molar-refractivity contribution in [1.29, 1.82) is 0 Å². The highest BCUT2D eigenvalue weighted by molar-refractivity contribution is 5.13. The van der Waals surface area contributed by atoms with Gasteiger partial charge in [-0.15, -0.1) is 0 Å². The van der Waals surface area contributed by atoms with Gasteiger partial charge in [-0.05, 0) is 17.4 Å². The van der Waals surface area contributed by atoms with Crippen LogP contribution in [-0.2, 0) is 11.3 Å². The fourth-order valence-corrected chi connectivity index (χ4v) is 1.78. The van der Waals surface area contributed by atoms with Gasteiger partial charge in [0.2, 0.25) is 0 Å². The highest BCUT2D eigenvalue weighted by atomic mass is 16.5. The molecule has 0 bridgehead atoms. The minimum atomic E-state index is 0.542. The molecule has 0 heterocycles. The Bertz CT molecular complexity index is 308. The van der Waals surface area contributed by atoms with E-state index < -0.39 is 0 Å². The number of hydrogen-bond donors (Lipinski definition) is 1. The molecule has 0 spiro atoms. The maximum atomic E-state index is 5.84. The minimum absolute atomic E-state index is 0.542. The quantitative estimate of drug-likeness (QED) is 0.761. The molecule has 1 aromatic carbocycles. The highest BCUT2D eigenvalue weighted by Crippen LogP contribution is 2.12. The molecule has 1 N–H and O–H groups in total. The topological polar surface area (TPSA) is 21.3 Å². The molecule has 102 valence electrons. The Kier molecular flexibility index (Phi) is 6.99. The zero-order valence-corrected chi connectivity index (χ0v) is 12.1. The van der Waals surface area contributed by atoms with Crippen LogP contribution < -0.4 is 5.32 Å². The van der Waals surface area contributed by atoms with Crippen LogP contribution >= 0.6 is 0 Å². The lowest BCUT2D eigenvalue weighted by Crippen LogP contribution is -2.33. The molecule has 0 fully saturated rings. The van der Waals surface area contributed by atoms with E-state index >= 15 is 0 Å². The first-order chi connectivity index (χ1) is 8.59. The number of ether oxygens (including phenoxy) is 1. The van der Waals surface area contributed by atoms with Gasteiger partial charge >= 0.3 is 0 Å². The van der Waals surface area contributed by atoms with Crippen LogP contribution in [-0.4, -0.2) is 19.2 Å². The van der Waals surface area contributed by atoms with Gasteiger partial charge in [0.15, 0.2) is 0 Å². The third-order valence-corrected chi connectivity index (χ3v) is 3.17. The van der Waals surface area contributed by atoms with E-state index in [-0.39, 0.29) is 0 Å². The Balaban J connectivity index is 2.29. The molecule has 2 nitrogen and oxygen atoms in total. The third-order valence-electron chi connectivity index (χ3n) is 3.17. The first kappa shape index (κ1) is 15.2. The van der Waals surface area contributed by atoms with Crippen LogP contribution in [0.15, 0.2) is 30.3 Å². The molecule has 1 rings (SSSR count). The smallest absolute Gasteiger partial charge is 0.0717 e. The number of hydrogen-bond acceptors (Lipinski definition) is 2. The van der Waals surface area contributed by atoms with Crippen molar-refractivity contribution in [3.63, 3.8) is 0 Å². The molecular weight excluding hydrogens is 222 g/mol. The SMILES string of the molecule is CC(C)NCC(COCc1ccccc1)C(C)C. The lowest BCUT2D eigenvalue weighted by atomic mass is 9.96. The Hall–Kier alpha value is -0.860. The highest BCUT2D eigenvalue weighted by Gasteiger charge is 2.13. The summed E-state index contributed by atoms with van der Waals surface area (Å²) in [6.45, 7) is 11.5. The van der Waals surface area contributed by atoms with Crippen LogP contribution in [0.25, 0.3) is 0 Å². The summed E-state index contributed by atoms with van der Waals surface area (Å²) in [4.78, 5) is 0. The van der Waals surface area contributed by atoms with Crippen molar-refractivity contribution in [3.8, 4) is 0 Å². The molecule has 18 heavy (non-hydrogen) atoms. The molecule has 0 radical (unpaired) electrons. The van der Waals surface area contributed by atoms with Gasteiger partial charge in [-0.3, -0.25) is 0 Å². The molecular formula is C16H27NO. The molecule has 0 aliphatic heterocycles. The van der Waals surface area contributed by atoms with Crippen LogP contribution in [0.5, 0.6) is 0 Å². The van der Waals surface area contributed by atoms with Gasteiger partial charge < -0.3 is 10.1 Å². The van der Waals surface area contributed by atoms with Gasteiger partial charge in [0.25, 0.3) is 0 Å². The Morgan fingerprint density at radius 1 is 1.06 bits per heavy atom. The van der Waals surface area contributed by atoms with Crippen molar-refractivity contribution in [2.75, 3.05) is 13.2 Å². The van der Waals surface area contributed by atoms with E-state index in [1.165, 1.54) is 5.56 Å². The fourth-order valence-electron chi connectivity index (χ4n) is 1.78. The van der Waals surface area contributed by atoms with Crippen LogP contribution in [0.2, 0.25) is 0 Å². The molecule has 0 saturated heterocycles. The minimum Gasteiger partial charge on any atom is -0.376 e. The second-order valence-corrected chi connectivity index (χ2v) is 5.57. The average molecular weight is 249 g/mol. The lowest BCUT2D eigenvalue weighted by Gasteiger charge is -2.22. The summed E-state index contributed by atoms with van der Waals surface area (Å²) in [5.41, 5.74) is 1.25. The summed E-state index contributed by atoms with van der Waals surface area (Å²) in [6, 6.07) is 10.9. The zero-order chi connectivity index (χ0) is 13.4. The third kappa shape index (κ3) is 6.18. The van der Waals surface area contributed by atoms with Crippen LogP contribution in [0.1, 0.15) is 33.3 Å². The monoisotopic (exact) mass is 249 g/mol. The summed E-state index contributed by atoms with van der Waals surface area (Å²) in [7, 11) is 0. The van der Waals surface area contributed by atoms with E-state index in [4.69, 9.17) is 4.74 Å². The number of benzene rings is 1. The summed E-state index contributed by atoms with van der Waals surface area (Å²) < 4.78 is 5.84. The lowest BCUT2D eigenvalue weighted by molar-refractivity contribution is 0.0705. The molecule has 0 amide bonds. The Morgan fingerprint density at radius 2 is 1.72 bits per heavy atom. The second-order valence-electron chi connectivity index (χ2n) is 5.57. The number of rotatable bonds is 8. The van der Waals surface area contributed by atoms with E-state index in [0.29, 0.717) is 24.5 Å². The molecule has 0 saturated carbocycles. The van der Waals surface area contributed by atoms with Crippen molar-refractivity contribution >= 4 is 0 Å². The van der Waals surface area contributed by atoms with Gasteiger partial charge in [-0.2, -0.15) is 0 Å². The van der Waals surface area contributed by atoms with Crippen molar-refractivity contribution in [2.24, 2.45) is 11.8 Å². The van der Waals surface area contributed by atoms with E-state index in [9.17, 15) is 0 Å². The average Bonchev–Trinajstić information content (AvgIpc) is 2.34. The van der Waals surface area contributed by atoms with Crippen LogP contribution in [0, 0.1) is 11.8 Å². The van der Waals surface area contributed by atoms with Crippen molar-refractivity contribution < 1.29 is 4.74 Å². The summed E-state index contributed by atoms with van der Waals surface area (Å²) in [6.07, 6.45) is 0. The first-order valence-electron chi connectivity index (χ1n) is 6.94. The van der Waals surface area contributed by atoms with Gasteiger partial charge in [0, 0.05) is 12.6 Å². The molecule has 0 aliphatic rings. The second kappa shape index (κ2) is 8.28. The fraction of sp³-hybridized carbons (Fsp3) is 0.625. The van der Waals surface area contributed by atoms with Crippen molar-refractivity contribution in [3.05, 3.63) is 35.9 Å². The molecule has 0 aliphatic carbocycles. The van der Waals surface area contributed by atoms with Crippen molar-refractivity contribution in [2.45, 2.75) is 40.3 Å². The predicted molar refractivity (Wildman–Crippen MR) is 77.6 cm³/mol. The largest absolute Gasteiger partial charge is 0.376 e. The summed E-state index contributed by atoms with van der Waals surface area (Å²) in [5.74, 6) is 1.23. The van der Waals surface area contributed by atoms with Gasteiger partial charge in [0.05, 0.1) is 13.2 Å². The van der Waals surface area contributed by atoms with Gasteiger partial charge in [-0.1, -0.05) is 58.0 Å². The van der Waals surface area contributed by atoms with E-state index in [1.807, 2.05) is 6.07 Å². The maximum Gasteiger partial charge on any atom is 0.0717 e. The Morgan fingerprint density at radius 3 is 2.28 bits per heavy atom. The molecule has 0 aromatic heterocycles. The predicted octanol–water partition coefficient (Wildman–Crippen LogP) is 3.47. The van der Waals surface area contributed by atoms with E-state index in [1.54, 1.807) is 0 Å². The number of nitrogens with one attached hydrogen (secondary N) is 1. The van der Waals surface area contributed by atoms with E-state index in [0.717, 1.165) is 13.2 Å². The zero-order valence-electron chi connectivity index (χ0n) is 12.1. The van der Waals surface area contributed by atoms with Gasteiger partial charge in [0.1, 0.15) is 0 Å². The molecule has 2 heteroatoms. The van der Waals surface area contributed by atoms with Crippen LogP contribution in [0.4, 0.5) is 0 Å². The summed E-state index contributed by atoms with van der Waals surface area (Å²) in [5, 5.41) is 3.50. The first-order valence-corrected chi connectivity index (χ1v) is 6.94. The van der Waals surface area contributed by atoms with Gasteiger partial charge in [-0.25, -0.2) is 0 Å². The maximum absolute atomic E-state index is 5.84. The molecule has 1 atom stereocenters. The molecule has 1 aromatic rings. The normalized spacial score (nSPS) is 13.2. The van der Waals surface area contributed by atoms with Crippen LogP contribution in [0.3, 0.4) is 0 Å². The van der Waals surface area contributed by atoms with Crippen molar-refractivity contribution in [1.82, 2.24) is 5.32 Å². The Labute approximate surface area is 112 Å². The summed E-state index contributed by atoms with van der Waals surface area (Å²) >= 11 is 0. The van der Waals surface area contributed by atoms with E-state index in [2.05, 4.69) is 57.3 Å². The standard InChI is InChI=1S/C16H27NO/c1-13(2)16(10-17-14(3)4)12-18-11-15-8-6-5-7-9-15/h5-9,13-14,16-17H,10-12H2,1-4H3.